The van der Waals surface area contributed by atoms with Crippen LogP contribution in [0.5, 0.6) is 0 Å². The van der Waals surface area contributed by atoms with Crippen LogP contribution in [0.4, 0.5) is 0 Å². The lowest BCUT2D eigenvalue weighted by atomic mass is 9.95. The highest BCUT2D eigenvalue weighted by atomic mass is 16.3. The molecule has 4 nitrogen and oxygen atoms in total. The summed E-state index contributed by atoms with van der Waals surface area (Å²) >= 11 is 0. The maximum Gasteiger partial charge on any atom is 0.225 e. The molecule has 1 saturated heterocycles. The minimum absolute atomic E-state index is 0.0385. The van der Waals surface area contributed by atoms with Gasteiger partial charge in [-0.05, 0) is 0 Å². The molecule has 1 aliphatic rings. The Kier molecular flexibility index (Phi) is 3.50. The van der Waals surface area contributed by atoms with E-state index in [4.69, 9.17) is 0 Å². The fraction of sp³-hybridized carbons (Fsp3) is 0.900. The van der Waals surface area contributed by atoms with Gasteiger partial charge in [0, 0.05) is 31.0 Å². The minimum Gasteiger partial charge on any atom is -0.391 e. The molecule has 4 heteroatoms. The Bertz CT molecular complexity index is 211. The summed E-state index contributed by atoms with van der Waals surface area (Å²) in [4.78, 5) is 11.5. The molecule has 0 spiro atoms. The molecule has 82 valence electrons. The number of rotatable bonds is 2. The smallest absolute Gasteiger partial charge is 0.225 e. The van der Waals surface area contributed by atoms with Gasteiger partial charge in [-0.1, -0.05) is 20.8 Å². The van der Waals surface area contributed by atoms with E-state index >= 15 is 0 Å². The summed E-state index contributed by atoms with van der Waals surface area (Å²) in [5.41, 5.74) is -0.350. The highest BCUT2D eigenvalue weighted by molar-refractivity contribution is 5.81. The minimum atomic E-state index is -0.350. The number of carbonyl (C=O) groups is 1. The highest BCUT2D eigenvalue weighted by Crippen LogP contribution is 2.13. The number of amides is 1. The van der Waals surface area contributed by atoms with Crippen molar-refractivity contribution in [2.75, 3.05) is 19.6 Å². The van der Waals surface area contributed by atoms with Crippen LogP contribution in [0.15, 0.2) is 0 Å². The van der Waals surface area contributed by atoms with Crippen molar-refractivity contribution in [2.24, 2.45) is 11.3 Å². The summed E-state index contributed by atoms with van der Waals surface area (Å²) in [6, 6.07) is 0. The van der Waals surface area contributed by atoms with Crippen LogP contribution >= 0.6 is 0 Å². The van der Waals surface area contributed by atoms with Gasteiger partial charge in [0.25, 0.3) is 0 Å². The Labute approximate surface area is 85.1 Å². The van der Waals surface area contributed by atoms with Gasteiger partial charge in [-0.15, -0.1) is 0 Å². The molecule has 1 amide bonds. The third-order valence-corrected chi connectivity index (χ3v) is 2.51. The van der Waals surface area contributed by atoms with E-state index in [0.29, 0.717) is 13.1 Å². The van der Waals surface area contributed by atoms with Gasteiger partial charge in [0.1, 0.15) is 0 Å². The van der Waals surface area contributed by atoms with Gasteiger partial charge in [-0.2, -0.15) is 0 Å². The van der Waals surface area contributed by atoms with E-state index in [1.807, 2.05) is 20.8 Å². The highest BCUT2D eigenvalue weighted by Gasteiger charge is 2.27. The molecule has 1 fully saturated rings. The maximum absolute atomic E-state index is 11.5. The lowest BCUT2D eigenvalue weighted by molar-refractivity contribution is -0.128. The largest absolute Gasteiger partial charge is 0.391 e. The van der Waals surface area contributed by atoms with Crippen molar-refractivity contribution in [1.82, 2.24) is 10.6 Å². The monoisotopic (exact) mass is 200 g/mol. The summed E-state index contributed by atoms with van der Waals surface area (Å²) in [6.07, 6.45) is -0.324. The molecule has 0 aromatic carbocycles. The van der Waals surface area contributed by atoms with Gasteiger partial charge in [0.2, 0.25) is 5.91 Å². The van der Waals surface area contributed by atoms with Crippen molar-refractivity contribution in [3.8, 4) is 0 Å². The maximum atomic E-state index is 11.5. The summed E-state index contributed by atoms with van der Waals surface area (Å²) in [7, 11) is 0. The zero-order valence-electron chi connectivity index (χ0n) is 9.13. The second-order valence-electron chi connectivity index (χ2n) is 4.95. The average Bonchev–Trinajstić information content (AvgIpc) is 2.45. The molecular formula is C10H20N2O2. The van der Waals surface area contributed by atoms with Crippen molar-refractivity contribution >= 4 is 5.91 Å². The molecule has 0 aliphatic carbocycles. The third-order valence-electron chi connectivity index (χ3n) is 2.51. The molecule has 2 atom stereocenters. The van der Waals surface area contributed by atoms with Crippen LogP contribution in [0.25, 0.3) is 0 Å². The lowest BCUT2D eigenvalue weighted by Crippen LogP contribution is -2.40. The Balaban J connectivity index is 2.30. The summed E-state index contributed by atoms with van der Waals surface area (Å²) in [6.45, 7) is 7.62. The predicted molar refractivity (Wildman–Crippen MR) is 54.8 cm³/mol. The Hall–Kier alpha value is -0.610. The van der Waals surface area contributed by atoms with Crippen LogP contribution in [-0.4, -0.2) is 36.8 Å². The van der Waals surface area contributed by atoms with Crippen molar-refractivity contribution in [1.29, 1.82) is 0 Å². The van der Waals surface area contributed by atoms with Crippen molar-refractivity contribution in [3.63, 3.8) is 0 Å². The van der Waals surface area contributed by atoms with E-state index in [-0.39, 0.29) is 23.3 Å². The molecule has 2 unspecified atom stereocenters. The third kappa shape index (κ3) is 2.96. The van der Waals surface area contributed by atoms with E-state index in [1.54, 1.807) is 0 Å². The fourth-order valence-electron chi connectivity index (χ4n) is 1.42. The summed E-state index contributed by atoms with van der Waals surface area (Å²) in [5, 5.41) is 15.4. The first-order valence-corrected chi connectivity index (χ1v) is 5.08. The van der Waals surface area contributed by atoms with Crippen LogP contribution in [0.1, 0.15) is 20.8 Å². The van der Waals surface area contributed by atoms with E-state index in [2.05, 4.69) is 10.6 Å². The van der Waals surface area contributed by atoms with Crippen molar-refractivity contribution < 1.29 is 9.90 Å². The lowest BCUT2D eigenvalue weighted by Gasteiger charge is -2.20. The quantitative estimate of drug-likeness (QED) is 0.575. The average molecular weight is 200 g/mol. The van der Waals surface area contributed by atoms with E-state index < -0.39 is 0 Å². The second kappa shape index (κ2) is 4.28. The van der Waals surface area contributed by atoms with Crippen molar-refractivity contribution in [3.05, 3.63) is 0 Å². The van der Waals surface area contributed by atoms with E-state index in [0.717, 1.165) is 6.54 Å². The predicted octanol–water partition coefficient (Wildman–Crippen LogP) is -0.271. The van der Waals surface area contributed by atoms with Gasteiger partial charge in [0.15, 0.2) is 0 Å². The van der Waals surface area contributed by atoms with Gasteiger partial charge in [-0.25, -0.2) is 0 Å². The topological polar surface area (TPSA) is 61.4 Å². The van der Waals surface area contributed by atoms with Crippen molar-refractivity contribution in [2.45, 2.75) is 26.9 Å². The van der Waals surface area contributed by atoms with Crippen LogP contribution < -0.4 is 10.6 Å². The normalized spacial score (nSPS) is 27.7. The molecule has 1 aliphatic heterocycles. The van der Waals surface area contributed by atoms with E-state index in [1.165, 1.54) is 0 Å². The molecule has 1 heterocycles. The molecule has 0 saturated carbocycles. The number of hydrogen-bond acceptors (Lipinski definition) is 3. The first-order chi connectivity index (χ1) is 6.41. The SMILES string of the molecule is CC(C)(C)C(=O)NCC1CNCC1O. The first kappa shape index (κ1) is 11.5. The summed E-state index contributed by atoms with van der Waals surface area (Å²) < 4.78 is 0. The zero-order valence-corrected chi connectivity index (χ0v) is 9.13. The molecule has 0 aromatic heterocycles. The number of aliphatic hydroxyl groups excluding tert-OH is 1. The van der Waals surface area contributed by atoms with Crippen LogP contribution in [0.3, 0.4) is 0 Å². The van der Waals surface area contributed by atoms with Crippen LogP contribution in [0, 0.1) is 11.3 Å². The number of aliphatic hydroxyl groups is 1. The Morgan fingerprint density at radius 2 is 2.14 bits per heavy atom. The second-order valence-corrected chi connectivity index (χ2v) is 4.95. The molecule has 0 radical (unpaired) electrons. The molecule has 3 N–H and O–H groups in total. The molecule has 0 aromatic rings. The Morgan fingerprint density at radius 3 is 2.57 bits per heavy atom. The van der Waals surface area contributed by atoms with Gasteiger partial charge in [-0.3, -0.25) is 4.79 Å². The van der Waals surface area contributed by atoms with Gasteiger partial charge < -0.3 is 15.7 Å². The van der Waals surface area contributed by atoms with Crippen LogP contribution in [0.2, 0.25) is 0 Å². The Morgan fingerprint density at radius 1 is 1.50 bits per heavy atom. The van der Waals surface area contributed by atoms with Gasteiger partial charge >= 0.3 is 0 Å². The molecule has 1 rings (SSSR count). The number of carbonyl (C=O) groups excluding carboxylic acids is 1. The number of hydrogen-bond donors (Lipinski definition) is 3. The molecular weight excluding hydrogens is 180 g/mol. The first-order valence-electron chi connectivity index (χ1n) is 5.08. The van der Waals surface area contributed by atoms with Crippen LogP contribution in [-0.2, 0) is 4.79 Å². The fourth-order valence-corrected chi connectivity index (χ4v) is 1.42. The standard InChI is InChI=1S/C10H20N2O2/c1-10(2,3)9(14)12-5-7-4-11-6-8(7)13/h7-8,11,13H,4-6H2,1-3H3,(H,12,14). The number of β-amino-alcohol motifs (C(OH)–C–C–N with tert-alkyl or cyclic N) is 1. The zero-order chi connectivity index (χ0) is 10.8. The molecule has 0 bridgehead atoms. The van der Waals surface area contributed by atoms with Gasteiger partial charge in [0.05, 0.1) is 6.10 Å². The van der Waals surface area contributed by atoms with E-state index in [9.17, 15) is 9.90 Å². The molecule has 14 heavy (non-hydrogen) atoms. The summed E-state index contributed by atoms with van der Waals surface area (Å²) in [5.74, 6) is 0.192. The number of nitrogens with one attached hydrogen (secondary N) is 2.